The lowest BCUT2D eigenvalue weighted by molar-refractivity contribution is 0.0856. The summed E-state index contributed by atoms with van der Waals surface area (Å²) in [6.45, 7) is 0.866. The molecule has 0 bridgehead atoms. The van der Waals surface area contributed by atoms with Gasteiger partial charge in [0.2, 0.25) is 10.0 Å². The average Bonchev–Trinajstić information content (AvgIpc) is 2.64. The van der Waals surface area contributed by atoms with Crippen LogP contribution in [0.3, 0.4) is 0 Å². The van der Waals surface area contributed by atoms with E-state index in [-0.39, 0.29) is 24.2 Å². The number of nitrogens with zero attached hydrogens (tertiary/aromatic N) is 1. The summed E-state index contributed by atoms with van der Waals surface area (Å²) in [5, 5.41) is 12.6. The number of hydrogen-bond acceptors (Lipinski definition) is 5. The maximum Gasteiger partial charge on any atom is 0.255 e. The van der Waals surface area contributed by atoms with Gasteiger partial charge < -0.3 is 15.2 Å². The largest absolute Gasteiger partial charge is 0.489 e. The summed E-state index contributed by atoms with van der Waals surface area (Å²) >= 11 is 0. The van der Waals surface area contributed by atoms with Crippen LogP contribution in [0.25, 0.3) is 0 Å². The Morgan fingerprint density at radius 2 is 1.74 bits per heavy atom. The van der Waals surface area contributed by atoms with E-state index in [1.165, 1.54) is 10.6 Å². The maximum absolute atomic E-state index is 12.7. The molecule has 1 aromatic carbocycles. The molecule has 0 aromatic heterocycles. The van der Waals surface area contributed by atoms with Crippen LogP contribution >= 0.6 is 0 Å². The number of benzene rings is 1. The van der Waals surface area contributed by atoms with E-state index in [1.54, 1.807) is 18.2 Å². The van der Waals surface area contributed by atoms with E-state index in [1.807, 2.05) is 6.07 Å². The number of hydrogen-bond donors (Lipinski definition) is 2. The van der Waals surface area contributed by atoms with Crippen LogP contribution in [0.4, 0.5) is 0 Å². The minimum atomic E-state index is -3.17. The second-order valence-electron chi connectivity index (χ2n) is 7.45. The summed E-state index contributed by atoms with van der Waals surface area (Å²) in [7, 11) is -3.17. The van der Waals surface area contributed by atoms with Gasteiger partial charge in [-0.05, 0) is 50.7 Å². The lowest BCUT2D eigenvalue weighted by Gasteiger charge is -2.31. The molecule has 8 heteroatoms. The molecule has 7 nitrogen and oxygen atoms in total. The second-order valence-corrected chi connectivity index (χ2v) is 9.44. The Morgan fingerprint density at radius 1 is 1.11 bits per heavy atom. The third-order valence-corrected chi connectivity index (χ3v) is 6.63. The molecule has 1 aromatic rings. The van der Waals surface area contributed by atoms with Crippen LogP contribution in [0.1, 0.15) is 48.9 Å². The van der Waals surface area contributed by atoms with Crippen molar-refractivity contribution in [1.82, 2.24) is 9.62 Å². The predicted octanol–water partition coefficient (Wildman–Crippen LogP) is 1.52. The molecule has 2 fully saturated rings. The number of aliphatic hydroxyl groups excluding tert-OH is 1. The third-order valence-electron chi connectivity index (χ3n) is 5.33. The number of aliphatic hydroxyl groups is 1. The first-order valence-electron chi connectivity index (χ1n) is 9.52. The van der Waals surface area contributed by atoms with E-state index in [0.29, 0.717) is 50.1 Å². The highest BCUT2D eigenvalue weighted by atomic mass is 32.2. The van der Waals surface area contributed by atoms with Crippen molar-refractivity contribution in [3.05, 3.63) is 29.8 Å². The zero-order chi connectivity index (χ0) is 19.4. The second kappa shape index (κ2) is 8.58. The predicted molar refractivity (Wildman–Crippen MR) is 102 cm³/mol. The topological polar surface area (TPSA) is 95.9 Å². The smallest absolute Gasteiger partial charge is 0.255 e. The van der Waals surface area contributed by atoms with Gasteiger partial charge in [0.15, 0.2) is 0 Å². The molecule has 0 radical (unpaired) electrons. The molecule has 0 unspecified atom stereocenters. The van der Waals surface area contributed by atoms with Crippen molar-refractivity contribution in [1.29, 1.82) is 0 Å². The van der Waals surface area contributed by atoms with Gasteiger partial charge >= 0.3 is 0 Å². The Kier molecular flexibility index (Phi) is 6.39. The summed E-state index contributed by atoms with van der Waals surface area (Å²) in [5.41, 5.74) is 0.495. The first-order valence-corrected chi connectivity index (χ1v) is 11.4. The molecule has 2 N–H and O–H groups in total. The first kappa shape index (κ1) is 20.1. The summed E-state index contributed by atoms with van der Waals surface area (Å²) < 4.78 is 30.8. The van der Waals surface area contributed by atoms with Crippen LogP contribution in [0.2, 0.25) is 0 Å². The normalized spacial score (nSPS) is 25.1. The van der Waals surface area contributed by atoms with Crippen LogP contribution in [-0.4, -0.2) is 61.3 Å². The van der Waals surface area contributed by atoms with Crippen LogP contribution in [-0.2, 0) is 10.0 Å². The van der Waals surface area contributed by atoms with E-state index in [4.69, 9.17) is 4.74 Å². The molecule has 0 atom stereocenters. The number of sulfonamides is 1. The molecular formula is C19H28N2O5S. The standard InChI is InChI=1S/C19H28N2O5S/c1-27(24,25)21-12-10-16(11-13-21)26-18-5-3-2-4-17(18)19(23)20-14-6-8-15(22)9-7-14/h2-5,14-16,22H,6-13H2,1H3,(H,20,23). The van der Waals surface area contributed by atoms with Gasteiger partial charge in [0.05, 0.1) is 17.9 Å². The minimum absolute atomic E-state index is 0.0759. The summed E-state index contributed by atoms with van der Waals surface area (Å²) in [6.07, 6.45) is 5.03. The molecule has 2 aliphatic rings. The van der Waals surface area contributed by atoms with E-state index in [9.17, 15) is 18.3 Å². The van der Waals surface area contributed by atoms with Gasteiger partial charge in [-0.2, -0.15) is 0 Å². The van der Waals surface area contributed by atoms with Crippen molar-refractivity contribution in [3.63, 3.8) is 0 Å². The number of para-hydroxylation sites is 1. The van der Waals surface area contributed by atoms with Crippen molar-refractivity contribution in [2.75, 3.05) is 19.3 Å². The van der Waals surface area contributed by atoms with Crippen molar-refractivity contribution >= 4 is 15.9 Å². The van der Waals surface area contributed by atoms with Crippen LogP contribution in [0.15, 0.2) is 24.3 Å². The Labute approximate surface area is 160 Å². The SMILES string of the molecule is CS(=O)(=O)N1CCC(Oc2ccccc2C(=O)NC2CCC(O)CC2)CC1. The lowest BCUT2D eigenvalue weighted by Crippen LogP contribution is -2.41. The van der Waals surface area contributed by atoms with E-state index in [0.717, 1.165) is 12.8 Å². The number of rotatable bonds is 5. The van der Waals surface area contributed by atoms with Gasteiger partial charge in [0.1, 0.15) is 11.9 Å². The average molecular weight is 397 g/mol. The highest BCUT2D eigenvalue weighted by Gasteiger charge is 2.27. The minimum Gasteiger partial charge on any atom is -0.489 e. The first-order chi connectivity index (χ1) is 12.8. The Hall–Kier alpha value is -1.64. The highest BCUT2D eigenvalue weighted by molar-refractivity contribution is 7.88. The number of carbonyl (C=O) groups is 1. The van der Waals surface area contributed by atoms with E-state index >= 15 is 0 Å². The van der Waals surface area contributed by atoms with E-state index in [2.05, 4.69) is 5.32 Å². The molecule has 27 heavy (non-hydrogen) atoms. The zero-order valence-corrected chi connectivity index (χ0v) is 16.5. The number of carbonyl (C=O) groups excluding carboxylic acids is 1. The molecule has 1 amide bonds. The maximum atomic E-state index is 12.7. The molecule has 0 spiro atoms. The van der Waals surface area contributed by atoms with Crippen molar-refractivity contribution in [2.24, 2.45) is 0 Å². The number of ether oxygens (including phenoxy) is 1. The van der Waals surface area contributed by atoms with Gasteiger partial charge in [-0.1, -0.05) is 12.1 Å². The number of nitrogens with one attached hydrogen (secondary N) is 1. The fourth-order valence-corrected chi connectivity index (χ4v) is 4.58. The molecule has 1 aliphatic carbocycles. The van der Waals surface area contributed by atoms with Gasteiger partial charge in [0, 0.05) is 19.1 Å². The fraction of sp³-hybridized carbons (Fsp3) is 0.632. The summed E-state index contributed by atoms with van der Waals surface area (Å²) in [6, 6.07) is 7.23. The number of amides is 1. The zero-order valence-electron chi connectivity index (χ0n) is 15.6. The van der Waals surface area contributed by atoms with Crippen molar-refractivity contribution < 1.29 is 23.1 Å². The molecular weight excluding hydrogens is 368 g/mol. The summed E-state index contributed by atoms with van der Waals surface area (Å²) in [5.74, 6) is 0.365. The highest BCUT2D eigenvalue weighted by Crippen LogP contribution is 2.25. The molecule has 3 rings (SSSR count). The van der Waals surface area contributed by atoms with Crippen molar-refractivity contribution in [3.8, 4) is 5.75 Å². The van der Waals surface area contributed by atoms with Gasteiger partial charge in [0.25, 0.3) is 5.91 Å². The third kappa shape index (κ3) is 5.43. The van der Waals surface area contributed by atoms with Crippen LogP contribution in [0, 0.1) is 0 Å². The fourth-order valence-electron chi connectivity index (χ4n) is 3.70. The Balaban J connectivity index is 1.60. The molecule has 150 valence electrons. The van der Waals surface area contributed by atoms with Crippen LogP contribution in [0.5, 0.6) is 5.75 Å². The van der Waals surface area contributed by atoms with Gasteiger partial charge in [-0.3, -0.25) is 4.79 Å². The quantitative estimate of drug-likeness (QED) is 0.787. The van der Waals surface area contributed by atoms with Crippen molar-refractivity contribution in [2.45, 2.75) is 56.8 Å². The molecule has 1 saturated heterocycles. The van der Waals surface area contributed by atoms with Gasteiger partial charge in [-0.15, -0.1) is 0 Å². The molecule has 1 heterocycles. The summed E-state index contributed by atoms with van der Waals surface area (Å²) in [4.78, 5) is 12.7. The number of piperidine rings is 1. The van der Waals surface area contributed by atoms with E-state index < -0.39 is 10.0 Å². The van der Waals surface area contributed by atoms with Crippen LogP contribution < -0.4 is 10.1 Å². The molecule has 1 aliphatic heterocycles. The lowest BCUT2D eigenvalue weighted by atomic mass is 9.93. The van der Waals surface area contributed by atoms with Gasteiger partial charge in [-0.25, -0.2) is 12.7 Å². The monoisotopic (exact) mass is 396 g/mol. The Morgan fingerprint density at radius 3 is 2.37 bits per heavy atom. The Bertz CT molecular complexity index is 751. The molecule has 1 saturated carbocycles.